The van der Waals surface area contributed by atoms with E-state index >= 15 is 0 Å². The van der Waals surface area contributed by atoms with Crippen LogP contribution in [-0.4, -0.2) is 12.7 Å². The van der Waals surface area contributed by atoms with Gasteiger partial charge >= 0.3 is 0 Å². The SMILES string of the molecule is ClC(CCC1CCCO1)c1cc(Br)ccc1Br. The van der Waals surface area contributed by atoms with E-state index in [1.807, 2.05) is 12.1 Å². The fourth-order valence-electron chi connectivity index (χ4n) is 2.11. The predicted octanol–water partition coefficient (Wildman–Crippen LogP) is 5.45. The zero-order valence-electron chi connectivity index (χ0n) is 9.46. The molecule has 2 rings (SSSR count). The third-order valence-electron chi connectivity index (χ3n) is 3.06. The van der Waals surface area contributed by atoms with Crippen LogP contribution in [0.3, 0.4) is 0 Å². The van der Waals surface area contributed by atoms with E-state index < -0.39 is 0 Å². The maximum absolute atomic E-state index is 6.46. The fraction of sp³-hybridized carbons (Fsp3) is 0.538. The lowest BCUT2D eigenvalue weighted by Gasteiger charge is -2.15. The molecule has 2 unspecified atom stereocenters. The van der Waals surface area contributed by atoms with Gasteiger partial charge in [-0.15, -0.1) is 11.6 Å². The van der Waals surface area contributed by atoms with Gasteiger partial charge in [-0.3, -0.25) is 0 Å². The van der Waals surface area contributed by atoms with E-state index in [0.717, 1.165) is 34.0 Å². The van der Waals surface area contributed by atoms with Gasteiger partial charge in [0.15, 0.2) is 0 Å². The minimum atomic E-state index is 0.0473. The summed E-state index contributed by atoms with van der Waals surface area (Å²) in [6.07, 6.45) is 4.80. The standard InChI is InChI=1S/C13H15Br2ClO/c14-9-3-5-12(15)11(8-9)13(16)6-4-10-2-1-7-17-10/h3,5,8,10,13H,1-2,4,6-7H2. The van der Waals surface area contributed by atoms with Crippen LogP contribution in [0.2, 0.25) is 0 Å². The van der Waals surface area contributed by atoms with Crippen molar-refractivity contribution in [3.8, 4) is 0 Å². The molecule has 0 bridgehead atoms. The second kappa shape index (κ2) is 6.55. The van der Waals surface area contributed by atoms with Gasteiger partial charge in [-0.05, 0) is 49.4 Å². The summed E-state index contributed by atoms with van der Waals surface area (Å²) in [5, 5.41) is 0.0473. The van der Waals surface area contributed by atoms with Crippen LogP contribution in [0, 0.1) is 0 Å². The monoisotopic (exact) mass is 380 g/mol. The van der Waals surface area contributed by atoms with Crippen molar-refractivity contribution in [2.75, 3.05) is 6.61 Å². The summed E-state index contributed by atoms with van der Waals surface area (Å²) in [6.45, 7) is 0.915. The lowest BCUT2D eigenvalue weighted by atomic mass is 10.0. The summed E-state index contributed by atoms with van der Waals surface area (Å²) in [7, 11) is 0. The van der Waals surface area contributed by atoms with Crippen molar-refractivity contribution in [2.24, 2.45) is 0 Å². The first-order chi connectivity index (χ1) is 8.16. The van der Waals surface area contributed by atoms with Crippen LogP contribution < -0.4 is 0 Å². The van der Waals surface area contributed by atoms with Crippen LogP contribution in [0.1, 0.15) is 36.6 Å². The third kappa shape index (κ3) is 3.95. The van der Waals surface area contributed by atoms with Crippen molar-refractivity contribution in [3.05, 3.63) is 32.7 Å². The van der Waals surface area contributed by atoms with Crippen molar-refractivity contribution in [1.82, 2.24) is 0 Å². The average Bonchev–Trinajstić information content (AvgIpc) is 2.82. The lowest BCUT2D eigenvalue weighted by molar-refractivity contribution is 0.102. The van der Waals surface area contributed by atoms with E-state index in [-0.39, 0.29) is 5.38 Å². The van der Waals surface area contributed by atoms with Crippen LogP contribution >= 0.6 is 43.5 Å². The molecule has 0 spiro atoms. The van der Waals surface area contributed by atoms with E-state index in [4.69, 9.17) is 16.3 Å². The van der Waals surface area contributed by atoms with Crippen molar-refractivity contribution in [2.45, 2.75) is 37.2 Å². The molecule has 0 amide bonds. The normalized spacial score (nSPS) is 21.7. The minimum Gasteiger partial charge on any atom is -0.378 e. The number of hydrogen-bond donors (Lipinski definition) is 0. The Balaban J connectivity index is 1.93. The van der Waals surface area contributed by atoms with Gasteiger partial charge in [-0.1, -0.05) is 31.9 Å². The Labute approximate surface area is 124 Å². The molecule has 94 valence electrons. The third-order valence-corrected chi connectivity index (χ3v) is 4.73. The van der Waals surface area contributed by atoms with Crippen LogP contribution in [-0.2, 0) is 4.74 Å². The quantitative estimate of drug-likeness (QED) is 0.629. The summed E-state index contributed by atoms with van der Waals surface area (Å²) in [5.41, 5.74) is 1.15. The summed E-state index contributed by atoms with van der Waals surface area (Å²) >= 11 is 13.5. The predicted molar refractivity (Wildman–Crippen MR) is 78.6 cm³/mol. The maximum Gasteiger partial charge on any atom is 0.0597 e. The Hall–Kier alpha value is 0.430. The Kier molecular flexibility index (Phi) is 5.34. The number of hydrogen-bond acceptors (Lipinski definition) is 1. The van der Waals surface area contributed by atoms with Gasteiger partial charge in [-0.2, -0.15) is 0 Å². The van der Waals surface area contributed by atoms with Crippen LogP contribution in [0.4, 0.5) is 0 Å². The smallest absolute Gasteiger partial charge is 0.0597 e. The molecule has 1 heterocycles. The van der Waals surface area contributed by atoms with Crippen LogP contribution in [0.15, 0.2) is 27.1 Å². The molecular weight excluding hydrogens is 367 g/mol. The molecule has 2 atom stereocenters. The van der Waals surface area contributed by atoms with Crippen molar-refractivity contribution >= 4 is 43.5 Å². The van der Waals surface area contributed by atoms with E-state index in [0.29, 0.717) is 6.10 Å². The topological polar surface area (TPSA) is 9.23 Å². The van der Waals surface area contributed by atoms with Crippen molar-refractivity contribution in [1.29, 1.82) is 0 Å². The Morgan fingerprint density at radius 3 is 2.94 bits per heavy atom. The largest absolute Gasteiger partial charge is 0.378 e. The van der Waals surface area contributed by atoms with E-state index in [9.17, 15) is 0 Å². The van der Waals surface area contributed by atoms with Gasteiger partial charge in [0.05, 0.1) is 11.5 Å². The molecule has 0 saturated carbocycles. The lowest BCUT2D eigenvalue weighted by Crippen LogP contribution is -2.06. The highest BCUT2D eigenvalue weighted by Gasteiger charge is 2.18. The summed E-state index contributed by atoms with van der Waals surface area (Å²) in [5.74, 6) is 0. The van der Waals surface area contributed by atoms with E-state index in [1.54, 1.807) is 0 Å². The zero-order chi connectivity index (χ0) is 12.3. The highest BCUT2D eigenvalue weighted by atomic mass is 79.9. The van der Waals surface area contributed by atoms with Crippen molar-refractivity contribution < 1.29 is 4.74 Å². The number of ether oxygens (including phenoxy) is 1. The molecular formula is C13H15Br2ClO. The number of halogens is 3. The number of alkyl halides is 1. The Morgan fingerprint density at radius 2 is 2.24 bits per heavy atom. The first kappa shape index (κ1) is 13.9. The van der Waals surface area contributed by atoms with Crippen molar-refractivity contribution in [3.63, 3.8) is 0 Å². The van der Waals surface area contributed by atoms with Gasteiger partial charge in [0.1, 0.15) is 0 Å². The summed E-state index contributed by atoms with van der Waals surface area (Å²) < 4.78 is 7.76. The molecule has 1 aromatic carbocycles. The first-order valence-electron chi connectivity index (χ1n) is 5.87. The average molecular weight is 383 g/mol. The first-order valence-corrected chi connectivity index (χ1v) is 7.89. The molecule has 0 aromatic heterocycles. The van der Waals surface area contributed by atoms with Crippen LogP contribution in [0.25, 0.3) is 0 Å². The molecule has 1 fully saturated rings. The number of benzene rings is 1. The Morgan fingerprint density at radius 1 is 1.41 bits per heavy atom. The summed E-state index contributed by atoms with van der Waals surface area (Å²) in [4.78, 5) is 0. The van der Waals surface area contributed by atoms with Gasteiger partial charge < -0.3 is 4.74 Å². The van der Waals surface area contributed by atoms with Gasteiger partial charge in [0.25, 0.3) is 0 Å². The van der Waals surface area contributed by atoms with Gasteiger partial charge in [0.2, 0.25) is 0 Å². The molecule has 0 radical (unpaired) electrons. The van der Waals surface area contributed by atoms with E-state index in [1.165, 1.54) is 12.8 Å². The highest BCUT2D eigenvalue weighted by molar-refractivity contribution is 9.11. The Bertz CT molecular complexity index is 378. The second-order valence-electron chi connectivity index (χ2n) is 4.35. The second-order valence-corrected chi connectivity index (χ2v) is 6.64. The molecule has 0 aliphatic carbocycles. The molecule has 4 heteroatoms. The highest BCUT2D eigenvalue weighted by Crippen LogP contribution is 2.34. The molecule has 1 aromatic rings. The molecule has 17 heavy (non-hydrogen) atoms. The molecule has 1 aliphatic heterocycles. The van der Waals surface area contributed by atoms with Crippen LogP contribution in [0.5, 0.6) is 0 Å². The summed E-state index contributed by atoms with van der Waals surface area (Å²) in [6, 6.07) is 6.12. The molecule has 0 N–H and O–H groups in total. The molecule has 1 aliphatic rings. The van der Waals surface area contributed by atoms with E-state index in [2.05, 4.69) is 37.9 Å². The molecule has 1 saturated heterocycles. The molecule has 1 nitrogen and oxygen atoms in total. The minimum absolute atomic E-state index is 0.0473. The number of rotatable bonds is 4. The van der Waals surface area contributed by atoms with Gasteiger partial charge in [-0.25, -0.2) is 0 Å². The van der Waals surface area contributed by atoms with Gasteiger partial charge in [0, 0.05) is 15.6 Å². The fourth-order valence-corrected chi connectivity index (χ4v) is 3.45. The zero-order valence-corrected chi connectivity index (χ0v) is 13.4. The maximum atomic E-state index is 6.46.